The smallest absolute Gasteiger partial charge is 0.229 e. The summed E-state index contributed by atoms with van der Waals surface area (Å²) in [7, 11) is -7.15. The largest absolute Gasteiger partial charge is 0.242 e. The third-order valence-corrected chi connectivity index (χ3v) is 6.57. The molecule has 0 aromatic heterocycles. The molecule has 1 saturated heterocycles. The van der Waals surface area contributed by atoms with Crippen molar-refractivity contribution < 1.29 is 21.2 Å². The predicted molar refractivity (Wildman–Crippen MR) is 73.1 cm³/mol. The maximum Gasteiger partial charge on any atom is 0.242 e. The topological polar surface area (TPSA) is 104 Å². The zero-order valence-corrected chi connectivity index (χ0v) is 12.5. The molecule has 1 aliphatic heterocycles. The summed E-state index contributed by atoms with van der Waals surface area (Å²) in [6.07, 6.45) is 0.388. The van der Waals surface area contributed by atoms with Crippen LogP contribution in [0.25, 0.3) is 0 Å². The van der Waals surface area contributed by atoms with E-state index < -0.39 is 36.1 Å². The van der Waals surface area contributed by atoms with Gasteiger partial charge in [-0.15, -0.1) is 0 Å². The van der Waals surface area contributed by atoms with E-state index in [9.17, 15) is 21.2 Å². The van der Waals surface area contributed by atoms with E-state index in [4.69, 9.17) is 5.26 Å². The van der Waals surface area contributed by atoms with Crippen LogP contribution in [0.5, 0.6) is 0 Å². The molecule has 1 heterocycles. The molecule has 21 heavy (non-hydrogen) atoms. The Morgan fingerprint density at radius 2 is 2.14 bits per heavy atom. The summed E-state index contributed by atoms with van der Waals surface area (Å²) in [6.45, 7) is -0.0526. The second-order valence-corrected chi connectivity index (χ2v) is 8.81. The number of hydrogen-bond acceptors (Lipinski definition) is 5. The van der Waals surface area contributed by atoms with E-state index in [0.29, 0.717) is 6.42 Å². The van der Waals surface area contributed by atoms with Crippen molar-refractivity contribution >= 4 is 19.9 Å². The van der Waals surface area contributed by atoms with Crippen LogP contribution in [0.3, 0.4) is 0 Å². The third-order valence-electron chi connectivity index (χ3n) is 3.27. The minimum atomic E-state index is -4.06. The second-order valence-electron chi connectivity index (χ2n) is 4.85. The average Bonchev–Trinajstić information content (AvgIpc) is 2.76. The van der Waals surface area contributed by atoms with Gasteiger partial charge < -0.3 is 0 Å². The Kier molecular flexibility index (Phi) is 4.32. The summed E-state index contributed by atoms with van der Waals surface area (Å²) in [5.74, 6) is -1.24. The first kappa shape index (κ1) is 15.9. The highest BCUT2D eigenvalue weighted by Crippen LogP contribution is 2.20. The average molecular weight is 332 g/mol. The summed E-state index contributed by atoms with van der Waals surface area (Å²) < 4.78 is 62.5. The van der Waals surface area contributed by atoms with Crippen LogP contribution in [0.1, 0.15) is 12.0 Å². The number of nitriles is 1. The minimum absolute atomic E-state index is 0.0444. The lowest BCUT2D eigenvalue weighted by Crippen LogP contribution is -2.30. The highest BCUT2D eigenvalue weighted by molar-refractivity contribution is 7.91. The number of sulfonamides is 1. The van der Waals surface area contributed by atoms with Gasteiger partial charge in [-0.2, -0.15) is 5.26 Å². The Labute approximate surface area is 122 Å². The molecule has 0 saturated carbocycles. The molecule has 9 heteroatoms. The summed E-state index contributed by atoms with van der Waals surface area (Å²) in [6, 6.07) is 4.86. The molecule has 6 nitrogen and oxygen atoms in total. The van der Waals surface area contributed by atoms with Gasteiger partial charge in [-0.25, -0.2) is 25.9 Å². The normalized spacial score (nSPS) is 21.0. The van der Waals surface area contributed by atoms with E-state index in [2.05, 4.69) is 4.72 Å². The second kappa shape index (κ2) is 5.71. The van der Waals surface area contributed by atoms with Gasteiger partial charge >= 0.3 is 0 Å². The van der Waals surface area contributed by atoms with Gasteiger partial charge in [0.2, 0.25) is 10.0 Å². The van der Waals surface area contributed by atoms with Gasteiger partial charge in [0.25, 0.3) is 0 Å². The van der Waals surface area contributed by atoms with Crippen LogP contribution in [0, 0.1) is 23.1 Å². The van der Waals surface area contributed by atoms with E-state index in [1.807, 2.05) is 0 Å². The zero-order chi connectivity index (χ0) is 15.7. The molecule has 1 aromatic rings. The summed E-state index contributed by atoms with van der Waals surface area (Å²) in [5, 5.41) is 8.85. The Morgan fingerprint density at radius 3 is 2.71 bits per heavy atom. The molecule has 114 valence electrons. The molecule has 1 atom stereocenters. The first-order chi connectivity index (χ1) is 9.75. The van der Waals surface area contributed by atoms with Gasteiger partial charge in [0, 0.05) is 6.54 Å². The maximum absolute atomic E-state index is 13.4. The number of nitrogens with zero attached hydrogens (tertiary/aromatic N) is 1. The van der Waals surface area contributed by atoms with Crippen molar-refractivity contribution in [3.8, 4) is 6.07 Å². The molecular weight excluding hydrogens is 319 g/mol. The molecule has 1 fully saturated rings. The molecule has 1 unspecified atom stereocenters. The monoisotopic (exact) mass is 332 g/mol. The van der Waals surface area contributed by atoms with Crippen LogP contribution in [-0.2, 0) is 19.9 Å². The van der Waals surface area contributed by atoms with E-state index in [-0.39, 0.29) is 24.0 Å². The van der Waals surface area contributed by atoms with Crippen LogP contribution in [0.2, 0.25) is 0 Å². The molecule has 0 amide bonds. The lowest BCUT2D eigenvalue weighted by Gasteiger charge is -2.11. The van der Waals surface area contributed by atoms with Gasteiger partial charge in [-0.05, 0) is 24.5 Å². The molecule has 1 aromatic carbocycles. The van der Waals surface area contributed by atoms with Gasteiger partial charge in [-0.1, -0.05) is 6.07 Å². The molecule has 0 radical (unpaired) electrons. The number of sulfone groups is 1. The fraction of sp³-hybridized carbons (Fsp3) is 0.417. The first-order valence-electron chi connectivity index (χ1n) is 6.14. The summed E-state index contributed by atoms with van der Waals surface area (Å²) >= 11 is 0. The Hall–Kier alpha value is -1.50. The fourth-order valence-corrected chi connectivity index (χ4v) is 5.32. The van der Waals surface area contributed by atoms with Crippen LogP contribution < -0.4 is 4.72 Å². The van der Waals surface area contributed by atoms with E-state index >= 15 is 0 Å². The van der Waals surface area contributed by atoms with Gasteiger partial charge in [0.15, 0.2) is 9.84 Å². The Balaban J connectivity index is 2.17. The van der Waals surface area contributed by atoms with E-state index in [1.165, 1.54) is 12.1 Å². The number of hydrogen-bond donors (Lipinski definition) is 1. The number of benzene rings is 1. The molecule has 1 aliphatic rings. The molecule has 2 rings (SSSR count). The molecule has 0 aliphatic carbocycles. The maximum atomic E-state index is 13.4. The minimum Gasteiger partial charge on any atom is -0.229 e. The Bertz CT molecular complexity index is 797. The van der Waals surface area contributed by atoms with Crippen molar-refractivity contribution in [2.45, 2.75) is 11.3 Å². The van der Waals surface area contributed by atoms with Gasteiger partial charge in [0.05, 0.1) is 11.5 Å². The zero-order valence-electron chi connectivity index (χ0n) is 10.9. The summed E-state index contributed by atoms with van der Waals surface area (Å²) in [5.41, 5.74) is -0.552. The van der Waals surface area contributed by atoms with Crippen molar-refractivity contribution in [3.63, 3.8) is 0 Å². The van der Waals surface area contributed by atoms with Crippen molar-refractivity contribution in [3.05, 3.63) is 29.6 Å². The van der Waals surface area contributed by atoms with Crippen LogP contribution in [0.15, 0.2) is 23.1 Å². The molecule has 0 spiro atoms. The number of halogens is 1. The lowest BCUT2D eigenvalue weighted by atomic mass is 10.1. The molecule has 1 N–H and O–H groups in total. The first-order valence-corrected chi connectivity index (χ1v) is 9.44. The highest BCUT2D eigenvalue weighted by Gasteiger charge is 2.29. The standard InChI is InChI=1S/C12H13FN2O4S2/c13-11-2-1-3-12(10(11)6-14)21(18,19)15-7-9-4-5-20(16,17)8-9/h1-3,9,15H,4-5,7-8H2. The highest BCUT2D eigenvalue weighted by atomic mass is 32.2. The SMILES string of the molecule is N#Cc1c(F)cccc1S(=O)(=O)NCC1CCS(=O)(=O)C1. The number of nitrogens with one attached hydrogen (secondary N) is 1. The van der Waals surface area contributed by atoms with Crippen LogP contribution in [-0.4, -0.2) is 34.9 Å². The fourth-order valence-electron chi connectivity index (χ4n) is 2.18. The predicted octanol–water partition coefficient (Wildman–Crippen LogP) is 0.410. The van der Waals surface area contributed by atoms with Gasteiger partial charge in [0.1, 0.15) is 22.3 Å². The third kappa shape index (κ3) is 3.58. The Morgan fingerprint density at radius 1 is 1.43 bits per heavy atom. The van der Waals surface area contributed by atoms with Crippen LogP contribution in [0.4, 0.5) is 4.39 Å². The van der Waals surface area contributed by atoms with Crippen molar-refractivity contribution in [1.29, 1.82) is 5.26 Å². The van der Waals surface area contributed by atoms with Crippen LogP contribution >= 0.6 is 0 Å². The summed E-state index contributed by atoms with van der Waals surface area (Å²) in [4.78, 5) is -0.439. The quantitative estimate of drug-likeness (QED) is 0.860. The van der Waals surface area contributed by atoms with Gasteiger partial charge in [-0.3, -0.25) is 0 Å². The lowest BCUT2D eigenvalue weighted by molar-refractivity contribution is 0.541. The van der Waals surface area contributed by atoms with Crippen molar-refractivity contribution in [2.75, 3.05) is 18.1 Å². The van der Waals surface area contributed by atoms with Crippen molar-refractivity contribution in [2.24, 2.45) is 5.92 Å². The van der Waals surface area contributed by atoms with E-state index in [0.717, 1.165) is 12.1 Å². The number of rotatable bonds is 4. The molecular formula is C12H13FN2O4S2. The van der Waals surface area contributed by atoms with Crippen molar-refractivity contribution in [1.82, 2.24) is 4.72 Å². The molecule has 0 bridgehead atoms. The van der Waals surface area contributed by atoms with E-state index in [1.54, 1.807) is 0 Å².